The average Bonchev–Trinajstić information content (AvgIpc) is 2.90. The van der Waals surface area contributed by atoms with Gasteiger partial charge in [0.1, 0.15) is 0 Å². The van der Waals surface area contributed by atoms with Crippen LogP contribution in [-0.2, 0) is 0 Å². The second-order valence-corrected chi connectivity index (χ2v) is 5.30. The summed E-state index contributed by atoms with van der Waals surface area (Å²) in [6.45, 7) is 4.65. The zero-order valence-corrected chi connectivity index (χ0v) is 10.8. The Kier molecular flexibility index (Phi) is 3.32. The molecule has 2 aliphatic heterocycles. The van der Waals surface area contributed by atoms with E-state index in [1.165, 1.54) is 38.8 Å². The fourth-order valence-corrected chi connectivity index (χ4v) is 3.00. The molecule has 0 saturated carbocycles. The van der Waals surface area contributed by atoms with Gasteiger partial charge in [0.2, 0.25) is 5.95 Å². The minimum Gasteiger partial charge on any atom is -0.396 e. The molecule has 0 aromatic carbocycles. The Morgan fingerprint density at radius 1 is 1.06 bits per heavy atom. The van der Waals surface area contributed by atoms with Crippen LogP contribution in [-0.4, -0.2) is 47.1 Å². The Bertz CT molecular complexity index is 385. The lowest BCUT2D eigenvalue weighted by molar-refractivity contribution is 0.174. The van der Waals surface area contributed by atoms with Gasteiger partial charge in [0.15, 0.2) is 0 Å². The van der Waals surface area contributed by atoms with Crippen molar-refractivity contribution in [3.8, 4) is 0 Å². The first-order chi connectivity index (χ1) is 8.83. The lowest BCUT2D eigenvalue weighted by atomic mass is 10.1. The van der Waals surface area contributed by atoms with Gasteiger partial charge in [0.05, 0.1) is 18.1 Å². The summed E-state index contributed by atoms with van der Waals surface area (Å²) in [5.74, 6) is 0.823. The molecule has 1 unspecified atom stereocenters. The molecule has 5 nitrogen and oxygen atoms in total. The van der Waals surface area contributed by atoms with Crippen molar-refractivity contribution in [2.45, 2.75) is 31.7 Å². The molecule has 1 aromatic heterocycles. The van der Waals surface area contributed by atoms with E-state index in [0.717, 1.165) is 19.0 Å². The number of hydrogen-bond donors (Lipinski definition) is 1. The third-order valence-corrected chi connectivity index (χ3v) is 4.01. The van der Waals surface area contributed by atoms with E-state index in [4.69, 9.17) is 5.73 Å². The first-order valence-electron chi connectivity index (χ1n) is 6.89. The number of hydrogen-bond acceptors (Lipinski definition) is 5. The van der Waals surface area contributed by atoms with Gasteiger partial charge in [-0.3, -0.25) is 4.90 Å². The van der Waals surface area contributed by atoms with Crippen LogP contribution in [0.2, 0.25) is 0 Å². The Balaban J connectivity index is 1.62. The fourth-order valence-electron chi connectivity index (χ4n) is 3.00. The summed E-state index contributed by atoms with van der Waals surface area (Å²) in [4.78, 5) is 13.5. The van der Waals surface area contributed by atoms with E-state index in [0.29, 0.717) is 11.7 Å². The molecule has 0 radical (unpaired) electrons. The van der Waals surface area contributed by atoms with Crippen LogP contribution in [0.1, 0.15) is 25.7 Å². The topological polar surface area (TPSA) is 58.3 Å². The van der Waals surface area contributed by atoms with E-state index in [-0.39, 0.29) is 0 Å². The zero-order chi connectivity index (χ0) is 12.4. The summed E-state index contributed by atoms with van der Waals surface area (Å²) in [7, 11) is 0. The summed E-state index contributed by atoms with van der Waals surface area (Å²) < 4.78 is 0. The second-order valence-electron chi connectivity index (χ2n) is 5.30. The van der Waals surface area contributed by atoms with Crippen LogP contribution in [0.3, 0.4) is 0 Å². The summed E-state index contributed by atoms with van der Waals surface area (Å²) in [6.07, 6.45) is 8.72. The van der Waals surface area contributed by atoms with Crippen LogP contribution in [0.5, 0.6) is 0 Å². The number of nitrogens with two attached hydrogens (primary N) is 1. The molecule has 0 amide bonds. The van der Waals surface area contributed by atoms with Crippen molar-refractivity contribution in [3.05, 3.63) is 12.4 Å². The lowest BCUT2D eigenvalue weighted by Gasteiger charge is -2.32. The van der Waals surface area contributed by atoms with Gasteiger partial charge in [-0.2, -0.15) is 0 Å². The highest BCUT2D eigenvalue weighted by molar-refractivity contribution is 5.38. The predicted molar refractivity (Wildman–Crippen MR) is 72.5 cm³/mol. The van der Waals surface area contributed by atoms with Gasteiger partial charge >= 0.3 is 0 Å². The molecular formula is C13H21N5. The highest BCUT2D eigenvalue weighted by Crippen LogP contribution is 2.22. The van der Waals surface area contributed by atoms with Crippen LogP contribution in [0.15, 0.2) is 12.4 Å². The van der Waals surface area contributed by atoms with E-state index in [2.05, 4.69) is 19.8 Å². The number of rotatable bonds is 2. The van der Waals surface area contributed by atoms with Gasteiger partial charge in [-0.1, -0.05) is 6.42 Å². The first kappa shape index (κ1) is 11.7. The normalized spacial score (nSPS) is 25.6. The molecule has 2 fully saturated rings. The first-order valence-corrected chi connectivity index (χ1v) is 6.89. The van der Waals surface area contributed by atoms with Gasteiger partial charge in [-0.15, -0.1) is 0 Å². The molecular weight excluding hydrogens is 226 g/mol. The van der Waals surface area contributed by atoms with Crippen molar-refractivity contribution >= 4 is 11.6 Å². The Morgan fingerprint density at radius 3 is 2.50 bits per heavy atom. The SMILES string of the molecule is Nc1cnc(N2CCC(N3CCCCC3)C2)nc1. The summed E-state index contributed by atoms with van der Waals surface area (Å²) >= 11 is 0. The molecule has 2 N–H and O–H groups in total. The van der Waals surface area contributed by atoms with Crippen molar-refractivity contribution in [2.75, 3.05) is 36.8 Å². The van der Waals surface area contributed by atoms with Gasteiger partial charge in [-0.05, 0) is 32.4 Å². The van der Waals surface area contributed by atoms with E-state index >= 15 is 0 Å². The lowest BCUT2D eigenvalue weighted by Crippen LogP contribution is -2.41. The minimum atomic E-state index is 0.630. The molecule has 1 aromatic rings. The fraction of sp³-hybridized carbons (Fsp3) is 0.692. The van der Waals surface area contributed by atoms with Gasteiger partial charge < -0.3 is 10.6 Å². The molecule has 98 valence electrons. The molecule has 0 aliphatic carbocycles. The summed E-state index contributed by atoms with van der Waals surface area (Å²) in [5.41, 5.74) is 6.25. The molecule has 2 saturated heterocycles. The predicted octanol–water partition coefficient (Wildman–Crippen LogP) is 1.12. The molecule has 0 bridgehead atoms. The van der Waals surface area contributed by atoms with Crippen LogP contribution >= 0.6 is 0 Å². The number of likely N-dealkylation sites (tertiary alicyclic amines) is 1. The minimum absolute atomic E-state index is 0.630. The molecule has 1 atom stereocenters. The molecule has 5 heteroatoms. The Morgan fingerprint density at radius 2 is 1.78 bits per heavy atom. The van der Waals surface area contributed by atoms with Crippen molar-refractivity contribution < 1.29 is 0 Å². The third-order valence-electron chi connectivity index (χ3n) is 4.01. The quantitative estimate of drug-likeness (QED) is 0.849. The zero-order valence-electron chi connectivity index (χ0n) is 10.8. The monoisotopic (exact) mass is 247 g/mol. The molecule has 0 spiro atoms. The second kappa shape index (κ2) is 5.10. The summed E-state index contributed by atoms with van der Waals surface area (Å²) in [5, 5.41) is 0. The van der Waals surface area contributed by atoms with Crippen molar-refractivity contribution in [1.82, 2.24) is 14.9 Å². The maximum Gasteiger partial charge on any atom is 0.225 e. The van der Waals surface area contributed by atoms with Crippen LogP contribution in [0.4, 0.5) is 11.6 Å². The Hall–Kier alpha value is -1.36. The third kappa shape index (κ3) is 2.41. The van der Waals surface area contributed by atoms with Crippen LogP contribution < -0.4 is 10.6 Å². The van der Waals surface area contributed by atoms with Gasteiger partial charge in [-0.25, -0.2) is 9.97 Å². The highest BCUT2D eigenvalue weighted by Gasteiger charge is 2.29. The Labute approximate surface area is 108 Å². The van der Waals surface area contributed by atoms with Crippen LogP contribution in [0.25, 0.3) is 0 Å². The molecule has 2 aliphatic rings. The molecule has 3 rings (SSSR count). The standard InChI is InChI=1S/C13H21N5/c14-11-8-15-13(16-9-11)18-7-4-12(10-18)17-5-2-1-3-6-17/h8-9,12H,1-7,10,14H2. The molecule has 3 heterocycles. The van der Waals surface area contributed by atoms with Crippen LogP contribution in [0, 0.1) is 0 Å². The maximum absolute atomic E-state index is 5.62. The van der Waals surface area contributed by atoms with Crippen molar-refractivity contribution in [2.24, 2.45) is 0 Å². The number of anilines is 2. The van der Waals surface area contributed by atoms with E-state index in [1.54, 1.807) is 12.4 Å². The largest absolute Gasteiger partial charge is 0.396 e. The van der Waals surface area contributed by atoms with E-state index in [1.807, 2.05) is 0 Å². The van der Waals surface area contributed by atoms with Gasteiger partial charge in [0.25, 0.3) is 0 Å². The van der Waals surface area contributed by atoms with Crippen molar-refractivity contribution in [1.29, 1.82) is 0 Å². The number of nitrogens with zero attached hydrogens (tertiary/aromatic N) is 4. The summed E-state index contributed by atoms with van der Waals surface area (Å²) in [6, 6.07) is 0.687. The van der Waals surface area contributed by atoms with E-state index in [9.17, 15) is 0 Å². The maximum atomic E-state index is 5.62. The molecule has 18 heavy (non-hydrogen) atoms. The number of piperidine rings is 1. The number of nitrogen functional groups attached to an aromatic ring is 1. The van der Waals surface area contributed by atoms with Gasteiger partial charge in [0, 0.05) is 19.1 Å². The smallest absolute Gasteiger partial charge is 0.225 e. The van der Waals surface area contributed by atoms with Crippen molar-refractivity contribution in [3.63, 3.8) is 0 Å². The average molecular weight is 247 g/mol. The van der Waals surface area contributed by atoms with E-state index < -0.39 is 0 Å². The number of aromatic nitrogens is 2. The highest BCUT2D eigenvalue weighted by atomic mass is 15.3.